The molecule has 55 heavy (non-hydrogen) atoms. The molecule has 324 valence electrons. The van der Waals surface area contributed by atoms with Crippen molar-refractivity contribution in [2.24, 2.45) is 0 Å². The van der Waals surface area contributed by atoms with Gasteiger partial charge in [-0.05, 0) is 70.6 Å². The third-order valence-corrected chi connectivity index (χ3v) is 10.6. The summed E-state index contributed by atoms with van der Waals surface area (Å²) < 4.78 is 34.6. The Kier molecular flexibility index (Phi) is 38.6. The van der Waals surface area contributed by atoms with Crippen LogP contribution in [0.1, 0.15) is 194 Å². The fourth-order valence-electron chi connectivity index (χ4n) is 6.10. The highest BCUT2D eigenvalue weighted by Crippen LogP contribution is 2.38. The molecule has 0 fully saturated rings. The van der Waals surface area contributed by atoms with E-state index in [2.05, 4.69) is 50.3 Å². The van der Waals surface area contributed by atoms with E-state index in [1.54, 1.807) is 0 Å². The van der Waals surface area contributed by atoms with Crippen LogP contribution in [0, 0.1) is 0 Å². The van der Waals surface area contributed by atoms with Gasteiger partial charge in [0, 0.05) is 13.0 Å². The first-order chi connectivity index (χ1) is 26.6. The van der Waals surface area contributed by atoms with Crippen LogP contribution in [0.25, 0.3) is 0 Å². The summed E-state index contributed by atoms with van der Waals surface area (Å²) in [6.07, 6.45) is 45.8. The van der Waals surface area contributed by atoms with Crippen molar-refractivity contribution in [2.45, 2.75) is 200 Å². The fourth-order valence-corrected chi connectivity index (χ4v) is 6.83. The molecule has 0 N–H and O–H groups in total. The number of ether oxygens (including phenoxy) is 2. The molecular weight excluding hydrogens is 709 g/mol. The average molecular weight is 798 g/mol. The van der Waals surface area contributed by atoms with Crippen LogP contribution in [-0.4, -0.2) is 70.7 Å². The standard InChI is InChI=1S/C46H88NO7P/c1-6-8-10-12-14-16-18-20-22-23-24-25-26-28-30-32-34-36-38-41-51-43-45(44-53-55(49,50)52-42-40-47(3,4)5)54-46(48)39-37-35-33-31-29-27-21-19-17-15-13-11-9-7-2/h16,18-19,21-23,45H,6-15,17,20,24-44H2,1-5H3/b18-16-,21-19-,23-22-. The maximum atomic E-state index is 12.7. The van der Waals surface area contributed by atoms with Crippen LogP contribution < -0.4 is 4.89 Å². The Morgan fingerprint density at radius 3 is 1.51 bits per heavy atom. The predicted octanol–water partition coefficient (Wildman–Crippen LogP) is 12.8. The van der Waals surface area contributed by atoms with E-state index in [9.17, 15) is 14.3 Å². The van der Waals surface area contributed by atoms with Crippen LogP contribution in [-0.2, 0) is 27.9 Å². The first-order valence-corrected chi connectivity index (χ1v) is 24.2. The number of likely N-dealkylation sites (N-methyl/N-ethyl adjacent to an activating group) is 1. The van der Waals surface area contributed by atoms with Crippen molar-refractivity contribution >= 4 is 13.8 Å². The average Bonchev–Trinajstić information content (AvgIpc) is 3.13. The normalized spacial score (nSPS) is 14.1. The molecule has 2 atom stereocenters. The summed E-state index contributed by atoms with van der Waals surface area (Å²) in [5, 5.41) is 0. The molecule has 0 amide bonds. The van der Waals surface area contributed by atoms with Crippen molar-refractivity contribution in [1.29, 1.82) is 0 Å². The summed E-state index contributed by atoms with van der Waals surface area (Å²) in [4.78, 5) is 25.0. The van der Waals surface area contributed by atoms with Crippen molar-refractivity contribution in [3.05, 3.63) is 36.5 Å². The molecule has 0 rings (SSSR count). The van der Waals surface area contributed by atoms with Crippen LogP contribution in [0.5, 0.6) is 0 Å². The lowest BCUT2D eigenvalue weighted by Gasteiger charge is -2.28. The van der Waals surface area contributed by atoms with Crippen LogP contribution in [0.15, 0.2) is 36.5 Å². The number of hydrogen-bond acceptors (Lipinski definition) is 7. The number of unbranched alkanes of at least 4 members (excludes halogenated alkanes) is 22. The molecule has 0 aromatic rings. The van der Waals surface area contributed by atoms with E-state index in [0.717, 1.165) is 51.4 Å². The number of phosphoric acid groups is 1. The number of hydrogen-bond donors (Lipinski definition) is 0. The number of carbonyl (C=O) groups is 1. The molecule has 0 radical (unpaired) electrons. The van der Waals surface area contributed by atoms with Crippen molar-refractivity contribution in [2.75, 3.05) is 54.1 Å². The van der Waals surface area contributed by atoms with E-state index < -0.39 is 13.9 Å². The van der Waals surface area contributed by atoms with Gasteiger partial charge in [-0.15, -0.1) is 0 Å². The van der Waals surface area contributed by atoms with Gasteiger partial charge in [-0.25, -0.2) is 0 Å². The predicted molar refractivity (Wildman–Crippen MR) is 231 cm³/mol. The summed E-state index contributed by atoms with van der Waals surface area (Å²) >= 11 is 0. The van der Waals surface area contributed by atoms with Crippen molar-refractivity contribution in [3.63, 3.8) is 0 Å². The highest BCUT2D eigenvalue weighted by atomic mass is 31.2. The van der Waals surface area contributed by atoms with Crippen molar-refractivity contribution < 1.29 is 37.3 Å². The third-order valence-electron chi connectivity index (χ3n) is 9.66. The Labute approximate surface area is 340 Å². The largest absolute Gasteiger partial charge is 0.756 e. The first kappa shape index (κ1) is 53.7. The Morgan fingerprint density at radius 1 is 0.564 bits per heavy atom. The molecule has 0 bridgehead atoms. The van der Waals surface area contributed by atoms with Gasteiger partial charge in [0.25, 0.3) is 7.82 Å². The third kappa shape index (κ3) is 43.7. The van der Waals surface area contributed by atoms with Gasteiger partial charge in [0.15, 0.2) is 0 Å². The number of carbonyl (C=O) groups excluding carboxylic acids is 1. The maximum absolute atomic E-state index is 12.7. The van der Waals surface area contributed by atoms with E-state index in [-0.39, 0.29) is 25.8 Å². The molecule has 8 nitrogen and oxygen atoms in total. The number of nitrogens with zero attached hydrogens (tertiary/aromatic N) is 1. The maximum Gasteiger partial charge on any atom is 0.306 e. The van der Waals surface area contributed by atoms with Crippen LogP contribution in [0.3, 0.4) is 0 Å². The molecule has 0 spiro atoms. The zero-order valence-corrected chi connectivity index (χ0v) is 37.5. The summed E-state index contributed by atoms with van der Waals surface area (Å²) in [5.41, 5.74) is 0. The van der Waals surface area contributed by atoms with Gasteiger partial charge in [-0.2, -0.15) is 0 Å². The number of allylic oxidation sites excluding steroid dienone is 6. The summed E-state index contributed by atoms with van der Waals surface area (Å²) in [5.74, 6) is -0.345. The molecular formula is C46H88NO7P. The highest BCUT2D eigenvalue weighted by Gasteiger charge is 2.20. The van der Waals surface area contributed by atoms with Gasteiger partial charge in [0.05, 0.1) is 34.4 Å². The molecule has 0 aromatic heterocycles. The smallest absolute Gasteiger partial charge is 0.306 e. The van der Waals surface area contributed by atoms with Gasteiger partial charge in [0.1, 0.15) is 19.3 Å². The van der Waals surface area contributed by atoms with Crippen molar-refractivity contribution in [3.8, 4) is 0 Å². The molecule has 2 unspecified atom stereocenters. The molecule has 0 aliphatic rings. The zero-order chi connectivity index (χ0) is 40.6. The van der Waals surface area contributed by atoms with Gasteiger partial charge in [0.2, 0.25) is 0 Å². The quantitative estimate of drug-likeness (QED) is 0.0200. The van der Waals surface area contributed by atoms with Gasteiger partial charge in [-0.1, -0.05) is 153 Å². The second-order valence-electron chi connectivity index (χ2n) is 16.4. The minimum Gasteiger partial charge on any atom is -0.756 e. The lowest BCUT2D eigenvalue weighted by Crippen LogP contribution is -2.37. The second kappa shape index (κ2) is 39.5. The lowest BCUT2D eigenvalue weighted by atomic mass is 10.1. The SMILES string of the molecule is CCCCCC/C=C\C/C=C\CCCCCCCCCCOCC(COP(=O)([O-])OCC[N+](C)(C)C)OC(=O)CCCCCCC/C=C\CCCCCCC. The van der Waals surface area contributed by atoms with Crippen LogP contribution >= 0.6 is 7.82 Å². The summed E-state index contributed by atoms with van der Waals surface area (Å²) in [7, 11) is 1.35. The minimum absolute atomic E-state index is 0.0232. The molecule has 0 aliphatic heterocycles. The molecule has 0 heterocycles. The topological polar surface area (TPSA) is 94.1 Å². The summed E-state index contributed by atoms with van der Waals surface area (Å²) in [6.45, 7) is 5.37. The van der Waals surface area contributed by atoms with Crippen LogP contribution in [0.4, 0.5) is 0 Å². The van der Waals surface area contributed by atoms with E-state index in [1.165, 1.54) is 122 Å². The second-order valence-corrected chi connectivity index (χ2v) is 17.8. The number of quaternary nitrogens is 1. The fraction of sp³-hybridized carbons (Fsp3) is 0.848. The van der Waals surface area contributed by atoms with E-state index in [4.69, 9.17) is 18.5 Å². The minimum atomic E-state index is -4.53. The molecule has 9 heteroatoms. The Morgan fingerprint density at radius 2 is 1.00 bits per heavy atom. The van der Waals surface area contributed by atoms with Gasteiger partial charge >= 0.3 is 5.97 Å². The lowest BCUT2D eigenvalue weighted by molar-refractivity contribution is -0.870. The van der Waals surface area contributed by atoms with Gasteiger partial charge in [-0.3, -0.25) is 9.36 Å². The monoisotopic (exact) mass is 798 g/mol. The van der Waals surface area contributed by atoms with Gasteiger partial charge < -0.3 is 27.9 Å². The molecule has 0 aromatic carbocycles. The number of esters is 1. The zero-order valence-electron chi connectivity index (χ0n) is 36.6. The Bertz CT molecular complexity index is 978. The van der Waals surface area contributed by atoms with Crippen LogP contribution in [0.2, 0.25) is 0 Å². The molecule has 0 aliphatic carbocycles. The van der Waals surface area contributed by atoms with E-state index in [1.807, 2.05) is 21.1 Å². The molecule has 0 saturated heterocycles. The Balaban J connectivity index is 4.22. The van der Waals surface area contributed by atoms with E-state index in [0.29, 0.717) is 24.1 Å². The highest BCUT2D eigenvalue weighted by molar-refractivity contribution is 7.45. The van der Waals surface area contributed by atoms with E-state index >= 15 is 0 Å². The molecule has 0 saturated carbocycles. The van der Waals surface area contributed by atoms with Crippen molar-refractivity contribution in [1.82, 2.24) is 0 Å². The summed E-state index contributed by atoms with van der Waals surface area (Å²) in [6, 6.07) is 0. The number of rotatable bonds is 42. The number of phosphoric ester groups is 1. The first-order valence-electron chi connectivity index (χ1n) is 22.7. The Hall–Kier alpha value is -1.28.